The Kier molecular flexibility index (Phi) is 11.1. The molecule has 0 bridgehead atoms. The standard InChI is InChI=1S/C25H36N4O3.HI/c1-6-26-25(28-20-11-14-22(31-4)23(16-20)32-5)27-17-19-8-7-15-29(2)24(19)18-9-12-21(30-3)13-10-18;/h9-14,16,19,24H,6-8,15,17H2,1-5H3,(H2,26,27,28);1H. The summed E-state index contributed by atoms with van der Waals surface area (Å²) >= 11 is 0. The van der Waals surface area contributed by atoms with Crippen LogP contribution in [0.2, 0.25) is 0 Å². The zero-order valence-corrected chi connectivity index (χ0v) is 22.6. The molecule has 0 radical (unpaired) electrons. The number of hydrogen-bond donors (Lipinski definition) is 2. The molecule has 182 valence electrons. The van der Waals surface area contributed by atoms with Gasteiger partial charge in [-0.3, -0.25) is 9.89 Å². The van der Waals surface area contributed by atoms with Crippen molar-refractivity contribution in [2.24, 2.45) is 10.9 Å². The van der Waals surface area contributed by atoms with E-state index in [0.717, 1.165) is 43.5 Å². The van der Waals surface area contributed by atoms with E-state index in [1.54, 1.807) is 21.3 Å². The van der Waals surface area contributed by atoms with Crippen molar-refractivity contribution in [3.05, 3.63) is 48.0 Å². The van der Waals surface area contributed by atoms with Crippen LogP contribution in [0.1, 0.15) is 31.4 Å². The third-order valence-electron chi connectivity index (χ3n) is 5.94. The van der Waals surface area contributed by atoms with Crippen LogP contribution in [0.15, 0.2) is 47.5 Å². The maximum Gasteiger partial charge on any atom is 0.195 e. The monoisotopic (exact) mass is 568 g/mol. The summed E-state index contributed by atoms with van der Waals surface area (Å²) in [6, 6.07) is 14.5. The molecule has 2 N–H and O–H groups in total. The summed E-state index contributed by atoms with van der Waals surface area (Å²) in [6.07, 6.45) is 2.34. The van der Waals surface area contributed by atoms with Crippen molar-refractivity contribution in [2.45, 2.75) is 25.8 Å². The molecule has 33 heavy (non-hydrogen) atoms. The van der Waals surface area contributed by atoms with E-state index < -0.39 is 0 Å². The molecule has 1 aliphatic heterocycles. The lowest BCUT2D eigenvalue weighted by atomic mass is 9.85. The Morgan fingerprint density at radius 1 is 1.03 bits per heavy atom. The Bertz CT molecular complexity index is 892. The van der Waals surface area contributed by atoms with Gasteiger partial charge in [0.25, 0.3) is 0 Å². The molecule has 0 aliphatic carbocycles. The molecule has 2 aromatic rings. The van der Waals surface area contributed by atoms with Gasteiger partial charge in [0.1, 0.15) is 5.75 Å². The van der Waals surface area contributed by atoms with Gasteiger partial charge < -0.3 is 24.8 Å². The summed E-state index contributed by atoms with van der Waals surface area (Å²) < 4.78 is 16.1. The van der Waals surface area contributed by atoms with Gasteiger partial charge in [0.2, 0.25) is 0 Å². The zero-order valence-electron chi connectivity index (χ0n) is 20.3. The van der Waals surface area contributed by atoms with Crippen LogP contribution in [0.4, 0.5) is 5.69 Å². The number of guanidine groups is 1. The molecular formula is C25H37IN4O3. The maximum atomic E-state index is 5.43. The van der Waals surface area contributed by atoms with Crippen molar-refractivity contribution in [3.8, 4) is 17.2 Å². The van der Waals surface area contributed by atoms with E-state index in [9.17, 15) is 0 Å². The van der Waals surface area contributed by atoms with E-state index in [0.29, 0.717) is 23.5 Å². The number of methoxy groups -OCH3 is 3. The van der Waals surface area contributed by atoms with Gasteiger partial charge in [0.15, 0.2) is 17.5 Å². The fourth-order valence-corrected chi connectivity index (χ4v) is 4.34. The molecule has 0 aromatic heterocycles. The number of benzene rings is 2. The summed E-state index contributed by atoms with van der Waals surface area (Å²) in [4.78, 5) is 7.39. The molecule has 2 unspecified atom stereocenters. The van der Waals surface area contributed by atoms with Gasteiger partial charge in [0, 0.05) is 30.9 Å². The van der Waals surface area contributed by atoms with E-state index in [1.807, 2.05) is 30.3 Å². The number of rotatable bonds is 8. The topological polar surface area (TPSA) is 67.4 Å². The minimum Gasteiger partial charge on any atom is -0.497 e. The van der Waals surface area contributed by atoms with Crippen LogP contribution in [0.3, 0.4) is 0 Å². The number of nitrogens with one attached hydrogen (secondary N) is 2. The zero-order chi connectivity index (χ0) is 22.9. The second-order valence-corrected chi connectivity index (χ2v) is 8.02. The second kappa shape index (κ2) is 13.5. The van der Waals surface area contributed by atoms with Crippen molar-refractivity contribution < 1.29 is 14.2 Å². The van der Waals surface area contributed by atoms with Crippen molar-refractivity contribution >= 4 is 35.6 Å². The molecule has 1 saturated heterocycles. The van der Waals surface area contributed by atoms with Crippen molar-refractivity contribution in [3.63, 3.8) is 0 Å². The predicted octanol–water partition coefficient (Wildman–Crippen LogP) is 4.79. The normalized spacial score (nSPS) is 18.8. The predicted molar refractivity (Wildman–Crippen MR) is 146 cm³/mol. The van der Waals surface area contributed by atoms with Gasteiger partial charge in [-0.15, -0.1) is 24.0 Å². The number of piperidine rings is 1. The average Bonchev–Trinajstić information content (AvgIpc) is 2.82. The van der Waals surface area contributed by atoms with E-state index in [-0.39, 0.29) is 24.0 Å². The average molecular weight is 569 g/mol. The lowest BCUT2D eigenvalue weighted by Gasteiger charge is -2.39. The molecule has 8 heteroatoms. The number of aliphatic imine (C=N–C) groups is 1. The lowest BCUT2D eigenvalue weighted by Crippen LogP contribution is -2.38. The van der Waals surface area contributed by atoms with Crippen LogP contribution < -0.4 is 24.8 Å². The Morgan fingerprint density at radius 3 is 2.39 bits per heavy atom. The van der Waals surface area contributed by atoms with E-state index in [4.69, 9.17) is 19.2 Å². The van der Waals surface area contributed by atoms with Gasteiger partial charge in [0.05, 0.1) is 21.3 Å². The van der Waals surface area contributed by atoms with E-state index >= 15 is 0 Å². The van der Waals surface area contributed by atoms with Crippen LogP contribution >= 0.6 is 24.0 Å². The summed E-state index contributed by atoms with van der Waals surface area (Å²) in [5, 5.41) is 6.75. The summed E-state index contributed by atoms with van der Waals surface area (Å²) in [6.45, 7) is 4.69. The molecule has 3 rings (SSSR count). The SMILES string of the molecule is CCNC(=NCC1CCCN(C)C1c1ccc(OC)cc1)Nc1ccc(OC)c(OC)c1.I. The first-order chi connectivity index (χ1) is 15.6. The third-order valence-corrected chi connectivity index (χ3v) is 5.94. The largest absolute Gasteiger partial charge is 0.497 e. The fourth-order valence-electron chi connectivity index (χ4n) is 4.34. The molecule has 0 saturated carbocycles. The highest BCUT2D eigenvalue weighted by molar-refractivity contribution is 14.0. The Labute approximate surface area is 214 Å². The van der Waals surface area contributed by atoms with E-state index in [1.165, 1.54) is 12.0 Å². The van der Waals surface area contributed by atoms with Crippen LogP contribution in [-0.2, 0) is 0 Å². The maximum absolute atomic E-state index is 5.43. The highest BCUT2D eigenvalue weighted by Gasteiger charge is 2.30. The summed E-state index contributed by atoms with van der Waals surface area (Å²) in [5.41, 5.74) is 2.21. The molecule has 2 atom stereocenters. The van der Waals surface area contributed by atoms with Crippen molar-refractivity contribution in [1.82, 2.24) is 10.2 Å². The number of ether oxygens (including phenoxy) is 3. The number of likely N-dealkylation sites (tertiary alicyclic amines) is 1. The van der Waals surface area contributed by atoms with E-state index in [2.05, 4.69) is 41.6 Å². The highest BCUT2D eigenvalue weighted by atomic mass is 127. The highest BCUT2D eigenvalue weighted by Crippen LogP contribution is 2.36. The van der Waals surface area contributed by atoms with Crippen molar-refractivity contribution in [1.29, 1.82) is 0 Å². The van der Waals surface area contributed by atoms with Gasteiger partial charge in [-0.1, -0.05) is 12.1 Å². The molecule has 0 spiro atoms. The Hall–Kier alpha value is -2.20. The summed E-state index contributed by atoms with van der Waals surface area (Å²) in [7, 11) is 7.18. The first-order valence-corrected chi connectivity index (χ1v) is 11.2. The van der Waals surface area contributed by atoms with Crippen LogP contribution in [-0.4, -0.2) is 58.9 Å². The molecule has 2 aromatic carbocycles. The third kappa shape index (κ3) is 7.14. The van der Waals surface area contributed by atoms with Crippen LogP contribution in [0.5, 0.6) is 17.2 Å². The van der Waals surface area contributed by atoms with Gasteiger partial charge >= 0.3 is 0 Å². The lowest BCUT2D eigenvalue weighted by molar-refractivity contribution is 0.125. The van der Waals surface area contributed by atoms with Gasteiger partial charge in [-0.05, 0) is 69.1 Å². The smallest absolute Gasteiger partial charge is 0.195 e. The number of halogens is 1. The number of anilines is 1. The van der Waals surface area contributed by atoms with Crippen LogP contribution in [0.25, 0.3) is 0 Å². The first kappa shape index (κ1) is 27.0. The van der Waals surface area contributed by atoms with Gasteiger partial charge in [-0.25, -0.2) is 0 Å². The Morgan fingerprint density at radius 2 is 1.76 bits per heavy atom. The fraction of sp³-hybridized carbons (Fsp3) is 0.480. The van der Waals surface area contributed by atoms with Crippen molar-refractivity contribution in [2.75, 3.05) is 53.3 Å². The molecule has 7 nitrogen and oxygen atoms in total. The van der Waals surface area contributed by atoms with Gasteiger partial charge in [-0.2, -0.15) is 0 Å². The second-order valence-electron chi connectivity index (χ2n) is 8.02. The molecular weight excluding hydrogens is 531 g/mol. The molecule has 1 fully saturated rings. The number of hydrogen-bond acceptors (Lipinski definition) is 5. The number of nitrogens with zero attached hydrogens (tertiary/aromatic N) is 2. The summed E-state index contributed by atoms with van der Waals surface area (Å²) in [5.74, 6) is 3.47. The Balaban J connectivity index is 0.00000385. The quantitative estimate of drug-likeness (QED) is 0.271. The molecule has 0 amide bonds. The first-order valence-electron chi connectivity index (χ1n) is 11.2. The van der Waals surface area contributed by atoms with Crippen LogP contribution in [0, 0.1) is 5.92 Å². The minimum atomic E-state index is 0. The molecule has 1 heterocycles. The molecule has 1 aliphatic rings. The minimum absolute atomic E-state index is 0.